The molecule has 0 N–H and O–H groups in total. The molecule has 0 aromatic heterocycles. The summed E-state index contributed by atoms with van der Waals surface area (Å²) in [6.07, 6.45) is 74.1. The minimum atomic E-state index is 0.163. The highest BCUT2D eigenvalue weighted by atomic mass is 15.2. The molecule has 0 aromatic carbocycles. The van der Waals surface area contributed by atoms with Gasteiger partial charge >= 0.3 is 0 Å². The topological polar surface area (TPSA) is 6.48 Å². The molecule has 0 saturated heterocycles. The van der Waals surface area contributed by atoms with Crippen LogP contribution in [0.3, 0.4) is 0 Å². The summed E-state index contributed by atoms with van der Waals surface area (Å²) in [5.41, 5.74) is 8.07. The van der Waals surface area contributed by atoms with E-state index in [1.54, 1.807) is 17.0 Å². The first kappa shape index (κ1) is 34.2. The second-order valence-corrected chi connectivity index (χ2v) is 18.5. The maximum absolute atomic E-state index is 2.95. The van der Waals surface area contributed by atoms with E-state index in [-0.39, 0.29) is 5.41 Å². The number of allylic oxidation sites excluding steroid dienone is 22. The zero-order valence-corrected chi connectivity index (χ0v) is 32.7. The molecule has 0 amide bonds. The summed E-state index contributed by atoms with van der Waals surface area (Å²) in [7, 11) is 0. The standard InChI is InChI=1S/C53H60N2/c1-4-20-38(21-5-1)54(39-22-6-2-7-23-39)51-33-17-31-48-52(51)45-28-13-15-30-47(45)53(48)46-29-14-12-27-43(46)44-35-34-41(36-49(44)53)55(40-24-8-3-9-25-40)50-32-16-19-37-18-10-11-26-42(37)50/h1,4-6,10,12-16,18-20,22,24,27-30,33-36,38-39,43-50,52H,2-3,7-9,11,17,21,23,25-26,31-32H2. The van der Waals surface area contributed by atoms with Gasteiger partial charge in [0.1, 0.15) is 0 Å². The van der Waals surface area contributed by atoms with E-state index < -0.39 is 0 Å². The summed E-state index contributed by atoms with van der Waals surface area (Å²) in [6.45, 7) is 0. The van der Waals surface area contributed by atoms with Gasteiger partial charge in [-0.25, -0.2) is 0 Å². The van der Waals surface area contributed by atoms with E-state index >= 15 is 0 Å². The van der Waals surface area contributed by atoms with E-state index in [0.717, 1.165) is 12.8 Å². The quantitative estimate of drug-likeness (QED) is 0.252. The smallest absolute Gasteiger partial charge is 0.0591 e. The number of hydrogen-bond donors (Lipinski definition) is 0. The number of hydrogen-bond acceptors (Lipinski definition) is 2. The first-order chi connectivity index (χ1) is 27.3. The Balaban J connectivity index is 1.06. The van der Waals surface area contributed by atoms with Crippen LogP contribution in [-0.2, 0) is 0 Å². The molecule has 12 atom stereocenters. The molecule has 11 aliphatic rings. The molecule has 0 heterocycles. The zero-order valence-electron chi connectivity index (χ0n) is 32.7. The SMILES string of the molecule is C1=CCC(N(C2=CCCC3C2C2C=CC=CC2C32C3C=CC=CC3C3C=CC(N(C4=CCCCC4)C4CC=CC5=C4CCC=C5)=CC32)C2C=CCCC2)C=C1. The van der Waals surface area contributed by atoms with Crippen LogP contribution in [0.4, 0.5) is 0 Å². The highest BCUT2D eigenvalue weighted by Crippen LogP contribution is 2.75. The van der Waals surface area contributed by atoms with Crippen molar-refractivity contribution in [1.82, 2.24) is 9.80 Å². The van der Waals surface area contributed by atoms with Gasteiger partial charge in [-0.2, -0.15) is 0 Å². The van der Waals surface area contributed by atoms with Gasteiger partial charge in [0.15, 0.2) is 0 Å². The monoisotopic (exact) mass is 724 g/mol. The van der Waals surface area contributed by atoms with Gasteiger partial charge in [-0.1, -0.05) is 134 Å². The maximum Gasteiger partial charge on any atom is 0.0591 e. The lowest BCUT2D eigenvalue weighted by molar-refractivity contribution is 0.0492. The molecule has 0 aliphatic heterocycles. The predicted octanol–water partition coefficient (Wildman–Crippen LogP) is 12.3. The fraction of sp³-hybridized carbons (Fsp3) is 0.472. The molecule has 282 valence electrons. The van der Waals surface area contributed by atoms with E-state index in [2.05, 4.69) is 150 Å². The summed E-state index contributed by atoms with van der Waals surface area (Å²) in [5.74, 6) is 4.37. The van der Waals surface area contributed by atoms with Crippen molar-refractivity contribution >= 4 is 0 Å². The van der Waals surface area contributed by atoms with Crippen LogP contribution < -0.4 is 0 Å². The minimum absolute atomic E-state index is 0.163. The zero-order chi connectivity index (χ0) is 36.3. The molecular weight excluding hydrogens is 665 g/mol. The normalized spacial score (nSPS) is 41.4. The van der Waals surface area contributed by atoms with Gasteiger partial charge in [0.2, 0.25) is 0 Å². The Hall–Kier alpha value is -4.04. The molecule has 0 radical (unpaired) electrons. The Morgan fingerprint density at radius 3 is 2.24 bits per heavy atom. The Morgan fingerprint density at radius 2 is 1.40 bits per heavy atom. The minimum Gasteiger partial charge on any atom is -0.362 e. The summed E-state index contributed by atoms with van der Waals surface area (Å²) < 4.78 is 0. The molecule has 2 saturated carbocycles. The third kappa shape index (κ3) is 5.39. The summed E-state index contributed by atoms with van der Waals surface area (Å²) in [4.78, 5) is 5.84. The third-order valence-corrected chi connectivity index (χ3v) is 16.1. The second-order valence-electron chi connectivity index (χ2n) is 18.5. The Morgan fingerprint density at radius 1 is 0.564 bits per heavy atom. The first-order valence-corrected chi connectivity index (χ1v) is 22.4. The second kappa shape index (κ2) is 14.2. The third-order valence-electron chi connectivity index (χ3n) is 16.1. The van der Waals surface area contributed by atoms with Gasteiger partial charge < -0.3 is 9.80 Å². The average molecular weight is 725 g/mol. The summed E-state index contributed by atoms with van der Waals surface area (Å²) >= 11 is 0. The summed E-state index contributed by atoms with van der Waals surface area (Å²) in [6, 6.07) is 1.34. The average Bonchev–Trinajstić information content (AvgIpc) is 3.73. The molecule has 11 aliphatic carbocycles. The van der Waals surface area contributed by atoms with Crippen LogP contribution in [0.15, 0.2) is 168 Å². The molecule has 2 fully saturated rings. The van der Waals surface area contributed by atoms with E-state index in [4.69, 9.17) is 0 Å². The van der Waals surface area contributed by atoms with E-state index in [1.165, 1.54) is 81.9 Å². The Bertz CT molecular complexity index is 1990. The van der Waals surface area contributed by atoms with E-state index in [9.17, 15) is 0 Å². The fourth-order valence-corrected chi connectivity index (χ4v) is 14.3. The molecular formula is C53H60N2. The lowest BCUT2D eigenvalue weighted by atomic mass is 9.56. The van der Waals surface area contributed by atoms with Crippen LogP contribution >= 0.6 is 0 Å². The van der Waals surface area contributed by atoms with Crippen molar-refractivity contribution in [3.8, 4) is 0 Å². The highest BCUT2D eigenvalue weighted by molar-refractivity contribution is 5.48. The van der Waals surface area contributed by atoms with Crippen LogP contribution in [0.2, 0.25) is 0 Å². The van der Waals surface area contributed by atoms with E-state index in [1.807, 2.05) is 0 Å². The molecule has 1 spiro atoms. The van der Waals surface area contributed by atoms with Crippen molar-refractivity contribution in [1.29, 1.82) is 0 Å². The van der Waals surface area contributed by atoms with Crippen LogP contribution in [0.5, 0.6) is 0 Å². The van der Waals surface area contributed by atoms with Crippen molar-refractivity contribution in [2.75, 3.05) is 0 Å². The van der Waals surface area contributed by atoms with Crippen molar-refractivity contribution in [2.24, 2.45) is 52.8 Å². The van der Waals surface area contributed by atoms with Crippen molar-refractivity contribution in [3.05, 3.63) is 168 Å². The van der Waals surface area contributed by atoms with Crippen molar-refractivity contribution < 1.29 is 0 Å². The fourth-order valence-electron chi connectivity index (χ4n) is 14.3. The maximum atomic E-state index is 2.95. The Labute approximate surface area is 331 Å². The van der Waals surface area contributed by atoms with Crippen LogP contribution in [0.25, 0.3) is 0 Å². The molecule has 0 bridgehead atoms. The summed E-state index contributed by atoms with van der Waals surface area (Å²) in [5, 5.41) is 0. The van der Waals surface area contributed by atoms with Gasteiger partial charge in [-0.3, -0.25) is 0 Å². The van der Waals surface area contributed by atoms with Crippen LogP contribution in [0, 0.1) is 52.8 Å². The Kier molecular flexibility index (Phi) is 8.81. The number of fused-ring (bicyclic) bond motifs is 10. The highest BCUT2D eigenvalue weighted by Gasteiger charge is 2.71. The van der Waals surface area contributed by atoms with Crippen molar-refractivity contribution in [2.45, 2.75) is 102 Å². The molecule has 55 heavy (non-hydrogen) atoms. The van der Waals surface area contributed by atoms with Crippen molar-refractivity contribution in [3.63, 3.8) is 0 Å². The van der Waals surface area contributed by atoms with Gasteiger partial charge in [-0.15, -0.1) is 0 Å². The van der Waals surface area contributed by atoms with Gasteiger partial charge in [0, 0.05) is 29.1 Å². The largest absolute Gasteiger partial charge is 0.362 e. The lowest BCUT2D eigenvalue weighted by Gasteiger charge is -2.50. The molecule has 12 unspecified atom stereocenters. The predicted molar refractivity (Wildman–Crippen MR) is 228 cm³/mol. The van der Waals surface area contributed by atoms with Gasteiger partial charge in [0.25, 0.3) is 0 Å². The molecule has 0 aromatic rings. The van der Waals surface area contributed by atoms with E-state index in [0.29, 0.717) is 65.5 Å². The van der Waals surface area contributed by atoms with Gasteiger partial charge in [-0.05, 0) is 148 Å². The number of nitrogens with zero attached hydrogens (tertiary/aromatic N) is 2. The lowest BCUT2D eigenvalue weighted by Crippen LogP contribution is -2.48. The number of rotatable bonds is 6. The van der Waals surface area contributed by atoms with Gasteiger partial charge in [0.05, 0.1) is 12.1 Å². The molecule has 2 heteroatoms. The first-order valence-electron chi connectivity index (χ1n) is 22.4. The molecule has 2 nitrogen and oxygen atoms in total. The van der Waals surface area contributed by atoms with Crippen LogP contribution in [-0.4, -0.2) is 27.9 Å². The van der Waals surface area contributed by atoms with Crippen LogP contribution in [0.1, 0.15) is 83.5 Å². The molecule has 11 rings (SSSR count).